The van der Waals surface area contributed by atoms with Crippen LogP contribution in [0.5, 0.6) is 5.75 Å². The molecule has 0 aliphatic rings. The van der Waals surface area contributed by atoms with Crippen LogP contribution in [0, 0.1) is 0 Å². The summed E-state index contributed by atoms with van der Waals surface area (Å²) in [4.78, 5) is 24.0. The molecule has 0 aliphatic heterocycles. The molecular formula is C19H17BrN4O3S. The number of amides is 2. The number of halogens is 1. The highest BCUT2D eigenvalue weighted by molar-refractivity contribution is 9.10. The number of nitrogens with one attached hydrogen (secondary N) is 2. The fourth-order valence-corrected chi connectivity index (χ4v) is 3.40. The Hall–Kier alpha value is -2.78. The average Bonchev–Trinajstić information content (AvgIpc) is 3.14. The normalized spacial score (nSPS) is 10.3. The van der Waals surface area contributed by atoms with Gasteiger partial charge in [-0.05, 0) is 30.3 Å². The van der Waals surface area contributed by atoms with E-state index < -0.39 is 0 Å². The predicted molar refractivity (Wildman–Crippen MR) is 111 cm³/mol. The summed E-state index contributed by atoms with van der Waals surface area (Å²) in [6.07, 6.45) is 0.522. The summed E-state index contributed by atoms with van der Waals surface area (Å²) in [7, 11) is 0. The largest absolute Gasteiger partial charge is 0.484 e. The summed E-state index contributed by atoms with van der Waals surface area (Å²) < 4.78 is 6.23. The van der Waals surface area contributed by atoms with Crippen LogP contribution in [0.15, 0.2) is 59.1 Å². The van der Waals surface area contributed by atoms with Crippen molar-refractivity contribution in [3.05, 3.63) is 69.6 Å². The van der Waals surface area contributed by atoms with Gasteiger partial charge >= 0.3 is 0 Å². The second-order valence-electron chi connectivity index (χ2n) is 5.67. The Morgan fingerprint density at radius 2 is 1.89 bits per heavy atom. The lowest BCUT2D eigenvalue weighted by Gasteiger charge is -2.05. The van der Waals surface area contributed by atoms with Gasteiger partial charge in [0.2, 0.25) is 5.13 Å². The first kappa shape index (κ1) is 20.0. The van der Waals surface area contributed by atoms with Crippen LogP contribution in [0.2, 0.25) is 0 Å². The Labute approximate surface area is 174 Å². The molecule has 3 rings (SSSR count). The van der Waals surface area contributed by atoms with Crippen molar-refractivity contribution >= 4 is 44.2 Å². The summed E-state index contributed by atoms with van der Waals surface area (Å²) in [5.74, 6) is 0.156. The van der Waals surface area contributed by atoms with Gasteiger partial charge in [0.15, 0.2) is 6.61 Å². The summed E-state index contributed by atoms with van der Waals surface area (Å²) in [6, 6.07) is 16.3. The minimum atomic E-state index is -0.311. The van der Waals surface area contributed by atoms with Crippen molar-refractivity contribution in [2.24, 2.45) is 0 Å². The molecule has 2 aromatic carbocycles. The molecule has 0 radical (unpaired) electrons. The molecule has 0 bridgehead atoms. The number of anilines is 1. The van der Waals surface area contributed by atoms with Gasteiger partial charge in [-0.15, -0.1) is 10.2 Å². The number of hydrogen-bond acceptors (Lipinski definition) is 6. The van der Waals surface area contributed by atoms with Crippen LogP contribution in [0.4, 0.5) is 5.13 Å². The molecular weight excluding hydrogens is 444 g/mol. The Bertz CT molecular complexity index is 949. The van der Waals surface area contributed by atoms with Gasteiger partial charge in [-0.2, -0.15) is 0 Å². The number of hydrogen-bond donors (Lipinski definition) is 2. The fraction of sp³-hybridized carbons (Fsp3) is 0.158. The molecule has 0 unspecified atom stereocenters. The molecule has 9 heteroatoms. The van der Waals surface area contributed by atoms with E-state index in [1.807, 2.05) is 24.3 Å². The summed E-state index contributed by atoms with van der Waals surface area (Å²) in [6.45, 7) is 0.312. The zero-order valence-corrected chi connectivity index (χ0v) is 17.1. The van der Waals surface area contributed by atoms with Crippen molar-refractivity contribution < 1.29 is 14.3 Å². The van der Waals surface area contributed by atoms with Crippen molar-refractivity contribution in [1.82, 2.24) is 15.5 Å². The van der Waals surface area contributed by atoms with Crippen LogP contribution in [0.3, 0.4) is 0 Å². The molecule has 144 valence electrons. The Kier molecular flexibility index (Phi) is 7.10. The van der Waals surface area contributed by atoms with Crippen molar-refractivity contribution in [2.75, 3.05) is 18.5 Å². The van der Waals surface area contributed by atoms with E-state index in [4.69, 9.17) is 4.74 Å². The smallest absolute Gasteiger partial charge is 0.264 e. The lowest BCUT2D eigenvalue weighted by molar-refractivity contribution is -0.118. The third kappa shape index (κ3) is 6.14. The molecule has 28 heavy (non-hydrogen) atoms. The van der Waals surface area contributed by atoms with Gasteiger partial charge in [0.25, 0.3) is 11.8 Å². The van der Waals surface area contributed by atoms with E-state index in [0.29, 0.717) is 34.4 Å². The highest BCUT2D eigenvalue weighted by Gasteiger charge is 2.10. The highest BCUT2D eigenvalue weighted by Crippen LogP contribution is 2.16. The zero-order valence-electron chi connectivity index (χ0n) is 14.7. The molecule has 0 fully saturated rings. The van der Waals surface area contributed by atoms with Crippen LogP contribution in [-0.4, -0.2) is 35.2 Å². The lowest BCUT2D eigenvalue weighted by atomic mass is 10.2. The molecule has 2 N–H and O–H groups in total. The van der Waals surface area contributed by atoms with E-state index in [1.54, 1.807) is 30.3 Å². The Balaban J connectivity index is 1.41. The van der Waals surface area contributed by atoms with Crippen LogP contribution >= 0.6 is 27.3 Å². The van der Waals surface area contributed by atoms with Gasteiger partial charge < -0.3 is 10.1 Å². The minimum Gasteiger partial charge on any atom is -0.484 e. The van der Waals surface area contributed by atoms with E-state index in [-0.39, 0.29) is 18.4 Å². The van der Waals surface area contributed by atoms with Gasteiger partial charge in [-0.25, -0.2) is 0 Å². The number of nitrogens with zero attached hydrogens (tertiary/aromatic N) is 2. The van der Waals surface area contributed by atoms with Gasteiger partial charge in [0.1, 0.15) is 10.8 Å². The first-order valence-electron chi connectivity index (χ1n) is 8.44. The number of benzene rings is 2. The monoisotopic (exact) mass is 460 g/mol. The number of aromatic nitrogens is 2. The van der Waals surface area contributed by atoms with E-state index in [1.165, 1.54) is 11.3 Å². The van der Waals surface area contributed by atoms with Gasteiger partial charge in [0, 0.05) is 23.0 Å². The molecule has 1 heterocycles. The quantitative estimate of drug-likeness (QED) is 0.537. The van der Waals surface area contributed by atoms with E-state index in [0.717, 1.165) is 4.47 Å². The summed E-state index contributed by atoms with van der Waals surface area (Å²) in [5, 5.41) is 14.6. The third-order valence-corrected chi connectivity index (χ3v) is 4.93. The predicted octanol–water partition coefficient (Wildman–Crippen LogP) is 3.29. The van der Waals surface area contributed by atoms with E-state index >= 15 is 0 Å². The Morgan fingerprint density at radius 1 is 1.07 bits per heavy atom. The summed E-state index contributed by atoms with van der Waals surface area (Å²) >= 11 is 4.61. The molecule has 3 aromatic rings. The summed E-state index contributed by atoms with van der Waals surface area (Å²) in [5.41, 5.74) is 0.581. The average molecular weight is 461 g/mol. The highest BCUT2D eigenvalue weighted by atomic mass is 79.9. The van der Waals surface area contributed by atoms with Gasteiger partial charge in [-0.3, -0.25) is 14.9 Å². The number of ether oxygens (including phenoxy) is 1. The van der Waals surface area contributed by atoms with Crippen molar-refractivity contribution in [2.45, 2.75) is 6.42 Å². The molecule has 1 aromatic heterocycles. The van der Waals surface area contributed by atoms with Crippen LogP contribution in [-0.2, 0) is 11.2 Å². The van der Waals surface area contributed by atoms with Crippen molar-refractivity contribution in [1.29, 1.82) is 0 Å². The molecule has 0 saturated carbocycles. The zero-order chi connectivity index (χ0) is 19.8. The minimum absolute atomic E-state index is 0.110. The van der Waals surface area contributed by atoms with Crippen LogP contribution in [0.25, 0.3) is 0 Å². The van der Waals surface area contributed by atoms with E-state index in [2.05, 4.69) is 36.8 Å². The fourth-order valence-electron chi connectivity index (χ4n) is 2.24. The maximum atomic E-state index is 12.1. The molecule has 0 atom stereocenters. The van der Waals surface area contributed by atoms with Crippen LogP contribution < -0.4 is 15.4 Å². The van der Waals surface area contributed by atoms with Crippen LogP contribution in [0.1, 0.15) is 15.4 Å². The van der Waals surface area contributed by atoms with Crippen molar-refractivity contribution in [3.8, 4) is 5.75 Å². The molecule has 7 nitrogen and oxygen atoms in total. The Morgan fingerprint density at radius 3 is 2.68 bits per heavy atom. The molecule has 0 saturated heterocycles. The van der Waals surface area contributed by atoms with Gasteiger partial charge in [-0.1, -0.05) is 51.5 Å². The second kappa shape index (κ2) is 9.95. The second-order valence-corrected chi connectivity index (χ2v) is 7.64. The maximum absolute atomic E-state index is 12.1. The first-order chi connectivity index (χ1) is 13.6. The SMILES string of the molecule is O=C(COc1ccccc1)Nc1nnc(CCNC(=O)c2cccc(Br)c2)s1. The lowest BCUT2D eigenvalue weighted by Crippen LogP contribution is -2.25. The van der Waals surface area contributed by atoms with E-state index in [9.17, 15) is 9.59 Å². The number of carbonyl (C=O) groups is 2. The number of para-hydroxylation sites is 1. The molecule has 2 amide bonds. The maximum Gasteiger partial charge on any atom is 0.264 e. The van der Waals surface area contributed by atoms with Gasteiger partial charge in [0.05, 0.1) is 0 Å². The molecule has 0 spiro atoms. The van der Waals surface area contributed by atoms with Crippen molar-refractivity contribution in [3.63, 3.8) is 0 Å². The first-order valence-corrected chi connectivity index (χ1v) is 10.0. The number of rotatable bonds is 8. The standard InChI is InChI=1S/C19H17BrN4O3S/c20-14-6-4-5-13(11-14)18(26)21-10-9-17-23-24-19(28-17)22-16(25)12-27-15-7-2-1-3-8-15/h1-8,11H,9-10,12H2,(H,21,26)(H,22,24,25). The topological polar surface area (TPSA) is 93.2 Å². The third-order valence-electron chi connectivity index (χ3n) is 3.54. The number of carbonyl (C=O) groups excluding carboxylic acids is 2. The molecule has 0 aliphatic carbocycles.